The molecule has 0 aliphatic heterocycles. The summed E-state index contributed by atoms with van der Waals surface area (Å²) in [6.45, 7) is 23.5. The van der Waals surface area contributed by atoms with Crippen LogP contribution in [0.5, 0.6) is 0 Å². The van der Waals surface area contributed by atoms with Gasteiger partial charge in [0.1, 0.15) is 8.07 Å². The van der Waals surface area contributed by atoms with Gasteiger partial charge in [-0.25, -0.2) is 0 Å². The van der Waals surface area contributed by atoms with Crippen LogP contribution < -0.4 is 5.19 Å². The Morgan fingerprint density at radius 1 is 1.07 bits per heavy atom. The van der Waals surface area contributed by atoms with E-state index in [1.54, 1.807) is 0 Å². The molecule has 1 aliphatic carbocycles. The van der Waals surface area contributed by atoms with Crippen LogP contribution in [-0.2, 0) is 4.43 Å². The van der Waals surface area contributed by atoms with Gasteiger partial charge in [0.25, 0.3) is 0 Å². The maximum Gasteiger partial charge on any atom is 0.192 e. The van der Waals surface area contributed by atoms with E-state index in [2.05, 4.69) is 89.9 Å². The average molecular weight is 433 g/mol. The zero-order chi connectivity index (χ0) is 22.3. The van der Waals surface area contributed by atoms with E-state index < -0.39 is 22.0 Å². The fraction of sp³-hybridized carbons (Fsp3) is 0.680. The van der Waals surface area contributed by atoms with Crippen molar-refractivity contribution in [3.8, 4) is 0 Å². The fourth-order valence-corrected chi connectivity index (χ4v) is 7.90. The molecule has 2 nitrogen and oxygen atoms in total. The van der Waals surface area contributed by atoms with Crippen LogP contribution in [0.25, 0.3) is 0 Å². The molecule has 1 aromatic rings. The minimum Gasteiger partial charge on any atom is -0.416 e. The lowest BCUT2D eigenvalue weighted by Gasteiger charge is -2.41. The van der Waals surface area contributed by atoms with Crippen molar-refractivity contribution in [2.75, 3.05) is 6.61 Å². The summed E-state index contributed by atoms with van der Waals surface area (Å²) < 4.78 is 6.72. The van der Waals surface area contributed by atoms with Crippen LogP contribution in [0.15, 0.2) is 41.6 Å². The van der Waals surface area contributed by atoms with E-state index in [1.807, 2.05) is 13.8 Å². The van der Waals surface area contributed by atoms with Crippen molar-refractivity contribution in [1.29, 1.82) is 0 Å². The molecule has 1 aliphatic rings. The summed E-state index contributed by atoms with van der Waals surface area (Å²) in [6.07, 6.45) is 2.12. The maximum atomic E-state index is 11.0. The van der Waals surface area contributed by atoms with E-state index in [0.717, 1.165) is 19.4 Å². The van der Waals surface area contributed by atoms with Crippen molar-refractivity contribution in [1.82, 2.24) is 0 Å². The average Bonchev–Trinajstić information content (AvgIpc) is 2.90. The van der Waals surface area contributed by atoms with Gasteiger partial charge in [0.05, 0.1) is 5.60 Å². The lowest BCUT2D eigenvalue weighted by atomic mass is 9.79. The Hall–Kier alpha value is -0.686. The van der Waals surface area contributed by atoms with Crippen LogP contribution >= 0.6 is 0 Å². The van der Waals surface area contributed by atoms with Gasteiger partial charge in [-0.3, -0.25) is 0 Å². The largest absolute Gasteiger partial charge is 0.416 e. The zero-order valence-corrected chi connectivity index (χ0v) is 22.5. The van der Waals surface area contributed by atoms with Gasteiger partial charge in [0.15, 0.2) is 8.32 Å². The summed E-state index contributed by atoms with van der Waals surface area (Å²) >= 11 is 0. The predicted octanol–water partition coefficient (Wildman–Crippen LogP) is 6.28. The monoisotopic (exact) mass is 432 g/mol. The molecule has 0 unspecified atom stereocenters. The van der Waals surface area contributed by atoms with Crippen LogP contribution in [0.1, 0.15) is 54.4 Å². The molecule has 29 heavy (non-hydrogen) atoms. The summed E-state index contributed by atoms with van der Waals surface area (Å²) in [5.41, 5.74) is 3.30. The summed E-state index contributed by atoms with van der Waals surface area (Å²) in [5, 5.41) is 12.6. The highest BCUT2D eigenvalue weighted by Crippen LogP contribution is 2.52. The van der Waals surface area contributed by atoms with Crippen molar-refractivity contribution < 1.29 is 9.53 Å². The lowest BCUT2D eigenvalue weighted by molar-refractivity contribution is 0.0334. The Balaban J connectivity index is 2.44. The maximum absolute atomic E-state index is 11.0. The predicted molar refractivity (Wildman–Crippen MR) is 132 cm³/mol. The van der Waals surface area contributed by atoms with Crippen molar-refractivity contribution >= 4 is 21.6 Å². The molecule has 0 amide bonds. The topological polar surface area (TPSA) is 29.5 Å². The molecule has 1 fully saturated rings. The second-order valence-electron chi connectivity index (χ2n) is 12.0. The Morgan fingerprint density at radius 3 is 2.10 bits per heavy atom. The van der Waals surface area contributed by atoms with Crippen LogP contribution in [0, 0.1) is 11.3 Å². The first-order chi connectivity index (χ1) is 13.0. The van der Waals surface area contributed by atoms with Crippen molar-refractivity contribution in [3.63, 3.8) is 0 Å². The Kier molecular flexibility index (Phi) is 6.87. The zero-order valence-electron chi connectivity index (χ0n) is 20.5. The van der Waals surface area contributed by atoms with Crippen LogP contribution in [-0.4, -0.2) is 33.7 Å². The number of hydrogen-bond acceptors (Lipinski definition) is 2. The molecule has 0 spiro atoms. The van der Waals surface area contributed by atoms with Gasteiger partial charge < -0.3 is 9.53 Å². The third-order valence-corrected chi connectivity index (χ3v) is 14.8. The third-order valence-electron chi connectivity index (χ3n) is 7.50. The molecule has 1 aromatic carbocycles. The van der Waals surface area contributed by atoms with E-state index in [4.69, 9.17) is 4.43 Å². The molecule has 1 N–H and O–H groups in total. The first-order valence-corrected chi connectivity index (χ1v) is 17.1. The first-order valence-electron chi connectivity index (χ1n) is 11.1. The van der Waals surface area contributed by atoms with Crippen molar-refractivity contribution in [2.24, 2.45) is 11.3 Å². The SMILES string of the molecule is CC(C)(O)[C@@H]1CC[C@@](C)(CO[Si](C)(C)C(C)(C)C)/C1=C/[Si](C)(C)c1ccccc1. The number of rotatable bonds is 6. The first kappa shape index (κ1) is 24.6. The van der Waals surface area contributed by atoms with E-state index in [1.165, 1.54) is 10.8 Å². The quantitative estimate of drug-likeness (QED) is 0.536. The van der Waals surface area contributed by atoms with E-state index in [-0.39, 0.29) is 16.4 Å². The Labute approximate surface area is 181 Å². The number of aliphatic hydroxyl groups is 1. The van der Waals surface area contributed by atoms with Gasteiger partial charge in [-0.2, -0.15) is 0 Å². The highest BCUT2D eigenvalue weighted by molar-refractivity contribution is 6.94. The molecular weight excluding hydrogens is 388 g/mol. The summed E-state index contributed by atoms with van der Waals surface area (Å²) in [6, 6.07) is 10.9. The van der Waals surface area contributed by atoms with Gasteiger partial charge in [-0.15, -0.1) is 0 Å². The standard InChI is InChI=1S/C25H44O2Si2/c1-23(2,3)29(9,10)27-19-25(6)17-16-21(24(4,5)26)22(25)18-28(7,8)20-14-12-11-13-15-20/h11-15,18,21,26H,16-17,19H2,1-10H3/b22-18+/t21-,25+/m1/s1. The van der Waals surface area contributed by atoms with E-state index >= 15 is 0 Å². The molecular formula is C25H44O2Si2. The Morgan fingerprint density at radius 2 is 1.62 bits per heavy atom. The van der Waals surface area contributed by atoms with Crippen molar-refractivity contribution in [2.45, 2.75) is 91.2 Å². The summed E-state index contributed by atoms with van der Waals surface area (Å²) in [4.78, 5) is 0. The molecule has 0 heterocycles. The molecule has 0 radical (unpaired) electrons. The van der Waals surface area contributed by atoms with E-state index in [0.29, 0.717) is 0 Å². The fourth-order valence-electron chi connectivity index (χ4n) is 4.24. The molecule has 4 heteroatoms. The molecule has 0 bridgehead atoms. The third kappa shape index (κ3) is 5.52. The smallest absolute Gasteiger partial charge is 0.192 e. The molecule has 164 valence electrons. The van der Waals surface area contributed by atoms with Crippen molar-refractivity contribution in [3.05, 3.63) is 41.6 Å². The van der Waals surface area contributed by atoms with Crippen LogP contribution in [0.3, 0.4) is 0 Å². The second kappa shape index (κ2) is 8.10. The summed E-state index contributed by atoms with van der Waals surface area (Å²) in [7, 11) is -3.60. The Bertz CT molecular complexity index is 723. The van der Waals surface area contributed by atoms with Gasteiger partial charge in [0.2, 0.25) is 0 Å². The summed E-state index contributed by atoms with van der Waals surface area (Å²) in [5.74, 6) is 0.200. The van der Waals surface area contributed by atoms with Gasteiger partial charge in [-0.1, -0.05) is 87.6 Å². The van der Waals surface area contributed by atoms with Gasteiger partial charge in [0, 0.05) is 17.9 Å². The minimum atomic E-state index is -1.82. The second-order valence-corrected chi connectivity index (χ2v) is 21.2. The molecule has 2 rings (SSSR count). The number of benzene rings is 1. The van der Waals surface area contributed by atoms with Crippen LogP contribution in [0.4, 0.5) is 0 Å². The van der Waals surface area contributed by atoms with E-state index in [9.17, 15) is 5.11 Å². The van der Waals surface area contributed by atoms with Gasteiger partial charge in [-0.05, 0) is 44.8 Å². The molecule has 0 saturated heterocycles. The molecule has 1 saturated carbocycles. The number of hydrogen-bond donors (Lipinski definition) is 1. The normalized spacial score (nSPS) is 25.6. The highest BCUT2D eigenvalue weighted by atomic mass is 28.4. The van der Waals surface area contributed by atoms with Crippen LogP contribution in [0.2, 0.25) is 31.2 Å². The highest BCUT2D eigenvalue weighted by Gasteiger charge is 2.48. The minimum absolute atomic E-state index is 0.000757. The van der Waals surface area contributed by atoms with Gasteiger partial charge >= 0.3 is 0 Å². The molecule has 2 atom stereocenters. The molecule has 0 aromatic heterocycles. The lowest BCUT2D eigenvalue weighted by Crippen LogP contribution is -2.45.